The zero-order chi connectivity index (χ0) is 39.9. The molecule has 1 heterocycles. The second-order valence-electron chi connectivity index (χ2n) is 13.2. The summed E-state index contributed by atoms with van der Waals surface area (Å²) in [5, 5.41) is 64.7. The SMILES string of the molecule is CC(=O)Oc1cc(CO)c2c(c1C=Cc1ccccc1)C(=O)c1cc(O[C@H]3O[C@H](C)[C@@H](O)C(O)(O)[C@H]3O)c(Cc3cccc(C(N)N)c3C=O)c(O)c1C2=O. The van der Waals surface area contributed by atoms with Gasteiger partial charge in [0.15, 0.2) is 24.0 Å². The Morgan fingerprint density at radius 1 is 0.909 bits per heavy atom. The van der Waals surface area contributed by atoms with Crippen molar-refractivity contribution in [1.82, 2.24) is 0 Å². The number of rotatable bonds is 10. The van der Waals surface area contributed by atoms with Gasteiger partial charge in [0.2, 0.25) is 12.1 Å². The molecule has 0 saturated carbocycles. The van der Waals surface area contributed by atoms with Crippen molar-refractivity contribution >= 4 is 36.0 Å². The van der Waals surface area contributed by atoms with Crippen molar-refractivity contribution in [2.75, 3.05) is 0 Å². The Kier molecular flexibility index (Phi) is 10.8. The summed E-state index contributed by atoms with van der Waals surface area (Å²) in [5.74, 6) is -6.98. The molecule has 10 N–H and O–H groups in total. The number of ether oxygens (including phenoxy) is 3. The van der Waals surface area contributed by atoms with Gasteiger partial charge in [0.25, 0.3) is 0 Å². The number of phenols is 1. The Morgan fingerprint density at radius 2 is 1.62 bits per heavy atom. The first kappa shape index (κ1) is 39.1. The Bertz CT molecular complexity index is 2230. The van der Waals surface area contributed by atoms with Crippen LogP contribution in [-0.4, -0.2) is 84.9 Å². The molecule has 286 valence electrons. The van der Waals surface area contributed by atoms with Crippen molar-refractivity contribution in [1.29, 1.82) is 0 Å². The molecule has 6 rings (SSSR count). The maximum absolute atomic E-state index is 14.7. The number of carbonyl (C=O) groups is 4. The second-order valence-corrected chi connectivity index (χ2v) is 13.2. The maximum Gasteiger partial charge on any atom is 0.308 e. The van der Waals surface area contributed by atoms with Gasteiger partial charge in [0.05, 0.1) is 24.4 Å². The Balaban J connectivity index is 1.60. The van der Waals surface area contributed by atoms with E-state index in [1.54, 1.807) is 42.5 Å². The molecule has 1 aliphatic carbocycles. The van der Waals surface area contributed by atoms with Crippen molar-refractivity contribution in [2.24, 2.45) is 11.5 Å². The van der Waals surface area contributed by atoms with Crippen LogP contribution in [0.4, 0.5) is 0 Å². The van der Waals surface area contributed by atoms with Gasteiger partial charge in [-0.1, -0.05) is 54.6 Å². The molecular weight excluding hydrogens is 716 g/mol. The van der Waals surface area contributed by atoms with E-state index in [1.165, 1.54) is 31.2 Å². The number of phenolic OH excluding ortho intramolecular Hbond substituents is 1. The van der Waals surface area contributed by atoms with E-state index in [1.807, 2.05) is 0 Å². The molecule has 2 aliphatic rings. The lowest BCUT2D eigenvalue weighted by Gasteiger charge is -2.44. The summed E-state index contributed by atoms with van der Waals surface area (Å²) >= 11 is 0. The van der Waals surface area contributed by atoms with Gasteiger partial charge in [0, 0.05) is 46.7 Å². The van der Waals surface area contributed by atoms with Crippen molar-refractivity contribution < 1.29 is 64.0 Å². The van der Waals surface area contributed by atoms with E-state index in [-0.39, 0.29) is 56.7 Å². The molecule has 1 fully saturated rings. The number of aldehydes is 1. The summed E-state index contributed by atoms with van der Waals surface area (Å²) in [5.41, 5.74) is 11.3. The zero-order valence-electron chi connectivity index (χ0n) is 29.5. The summed E-state index contributed by atoms with van der Waals surface area (Å²) < 4.78 is 17.0. The molecule has 1 saturated heterocycles. The quantitative estimate of drug-likeness (QED) is 0.0331. The normalized spacial score (nSPS) is 20.3. The van der Waals surface area contributed by atoms with Crippen LogP contribution in [0, 0.1) is 0 Å². The minimum absolute atomic E-state index is 0.00560. The first-order valence-electron chi connectivity index (χ1n) is 17.0. The lowest BCUT2D eigenvalue weighted by atomic mass is 9.77. The van der Waals surface area contributed by atoms with E-state index in [0.717, 1.165) is 13.0 Å². The first-order chi connectivity index (χ1) is 26.1. The molecular formula is C40H38N2O13. The molecule has 4 aromatic rings. The zero-order valence-corrected chi connectivity index (χ0v) is 29.5. The van der Waals surface area contributed by atoms with Crippen LogP contribution >= 0.6 is 0 Å². The van der Waals surface area contributed by atoms with Crippen LogP contribution in [0.1, 0.15) is 95.6 Å². The summed E-state index contributed by atoms with van der Waals surface area (Å²) in [6.45, 7) is 1.64. The van der Waals surface area contributed by atoms with E-state index in [0.29, 0.717) is 11.8 Å². The fraction of sp³-hybridized carbons (Fsp3) is 0.250. The molecule has 0 unspecified atom stereocenters. The maximum atomic E-state index is 14.7. The highest BCUT2D eigenvalue weighted by Crippen LogP contribution is 2.45. The number of esters is 1. The van der Waals surface area contributed by atoms with Crippen LogP contribution in [0.2, 0.25) is 0 Å². The van der Waals surface area contributed by atoms with Gasteiger partial charge >= 0.3 is 5.97 Å². The van der Waals surface area contributed by atoms with E-state index in [4.69, 9.17) is 25.7 Å². The molecule has 0 radical (unpaired) electrons. The average molecular weight is 755 g/mol. The number of ketones is 2. The van der Waals surface area contributed by atoms with Gasteiger partial charge in [-0.25, -0.2) is 0 Å². The Hall–Kier alpha value is -5.62. The van der Waals surface area contributed by atoms with Crippen LogP contribution in [0.15, 0.2) is 60.7 Å². The van der Waals surface area contributed by atoms with E-state index >= 15 is 0 Å². The van der Waals surface area contributed by atoms with Gasteiger partial charge in [-0.3, -0.25) is 19.2 Å². The van der Waals surface area contributed by atoms with Crippen molar-refractivity contribution in [3.63, 3.8) is 0 Å². The third kappa shape index (κ3) is 7.06. The molecule has 0 spiro atoms. The Morgan fingerprint density at radius 3 is 2.25 bits per heavy atom. The first-order valence-corrected chi connectivity index (χ1v) is 17.0. The van der Waals surface area contributed by atoms with Crippen molar-refractivity contribution in [2.45, 2.75) is 63.4 Å². The van der Waals surface area contributed by atoms with E-state index < -0.39 is 83.3 Å². The monoisotopic (exact) mass is 754 g/mol. The topological polar surface area (TPSA) is 269 Å². The standard InChI is InChI=1S/C40H38N2O13/c1-18-36(49)40(51,52)37(50)39(53-18)55-29-15-26-32(33(46)25(29)13-21-9-6-10-23(38(41)42)27(21)17-44)35(48)30-22(16-43)14-28(54-19(2)45)24(31(30)34(26)47)12-11-20-7-4-3-5-8-20/h3-12,14-15,17-18,36-39,43,46,49-52H,13,16,41-42H2,1-2H3/t18-,36-,37+,39-/m1/s1. The van der Waals surface area contributed by atoms with Gasteiger partial charge in [-0.2, -0.15) is 0 Å². The molecule has 1 aliphatic heterocycles. The average Bonchev–Trinajstić information content (AvgIpc) is 3.15. The minimum atomic E-state index is -3.13. The molecule has 0 aromatic heterocycles. The minimum Gasteiger partial charge on any atom is -0.507 e. The number of aliphatic hydroxyl groups is 5. The summed E-state index contributed by atoms with van der Waals surface area (Å²) in [6, 6.07) is 15.8. The number of fused-ring (bicyclic) bond motifs is 2. The fourth-order valence-electron chi connectivity index (χ4n) is 6.84. The second kappa shape index (κ2) is 15.3. The van der Waals surface area contributed by atoms with Gasteiger partial charge < -0.3 is 56.3 Å². The molecule has 4 aromatic carbocycles. The largest absolute Gasteiger partial charge is 0.507 e. The van der Waals surface area contributed by atoms with Gasteiger partial charge in [-0.05, 0) is 47.4 Å². The van der Waals surface area contributed by atoms with Crippen molar-refractivity contribution in [3.05, 3.63) is 122 Å². The van der Waals surface area contributed by atoms with Crippen molar-refractivity contribution in [3.8, 4) is 17.2 Å². The molecule has 15 heteroatoms. The van der Waals surface area contributed by atoms with E-state index in [9.17, 15) is 49.8 Å². The summed E-state index contributed by atoms with van der Waals surface area (Å²) in [6.07, 6.45) is -5.39. The third-order valence-corrected chi connectivity index (χ3v) is 9.61. The summed E-state index contributed by atoms with van der Waals surface area (Å²) in [7, 11) is 0. The van der Waals surface area contributed by atoms with Gasteiger partial charge in [-0.15, -0.1) is 0 Å². The number of aliphatic hydroxyl groups excluding tert-OH is 3. The van der Waals surface area contributed by atoms with Crippen LogP contribution in [0.5, 0.6) is 17.2 Å². The summed E-state index contributed by atoms with van der Waals surface area (Å²) in [4.78, 5) is 53.8. The lowest BCUT2D eigenvalue weighted by Crippen LogP contribution is -2.67. The molecule has 15 nitrogen and oxygen atoms in total. The molecule has 4 atom stereocenters. The Labute approximate surface area is 313 Å². The van der Waals surface area contributed by atoms with E-state index in [2.05, 4.69) is 0 Å². The smallest absolute Gasteiger partial charge is 0.308 e. The third-order valence-electron chi connectivity index (χ3n) is 9.61. The van der Waals surface area contributed by atoms with Crippen LogP contribution < -0.4 is 20.9 Å². The van der Waals surface area contributed by atoms with Crippen LogP contribution in [-0.2, 0) is 22.6 Å². The number of carbonyl (C=O) groups excluding carboxylic acids is 4. The lowest BCUT2D eigenvalue weighted by molar-refractivity contribution is -0.371. The number of hydrogen-bond acceptors (Lipinski definition) is 15. The highest BCUT2D eigenvalue weighted by Gasteiger charge is 2.54. The molecule has 55 heavy (non-hydrogen) atoms. The number of nitrogens with two attached hydrogens (primary N) is 2. The number of hydrogen-bond donors (Lipinski definition) is 8. The predicted molar refractivity (Wildman–Crippen MR) is 194 cm³/mol. The highest BCUT2D eigenvalue weighted by atomic mass is 16.7. The molecule has 0 amide bonds. The molecule has 0 bridgehead atoms. The number of benzene rings is 4. The predicted octanol–water partition coefficient (Wildman–Crippen LogP) is 1.60. The van der Waals surface area contributed by atoms with Crippen LogP contribution in [0.25, 0.3) is 12.2 Å². The highest BCUT2D eigenvalue weighted by molar-refractivity contribution is 6.31. The van der Waals surface area contributed by atoms with Crippen LogP contribution in [0.3, 0.4) is 0 Å². The van der Waals surface area contributed by atoms with Gasteiger partial charge in [0.1, 0.15) is 23.4 Å². The fourth-order valence-corrected chi connectivity index (χ4v) is 6.84. The number of aromatic hydroxyl groups is 1.